The number of rotatable bonds is 1. The van der Waals surface area contributed by atoms with Crippen molar-refractivity contribution in [3.63, 3.8) is 0 Å². The van der Waals surface area contributed by atoms with Crippen LogP contribution in [0.5, 0.6) is 0 Å². The van der Waals surface area contributed by atoms with Crippen LogP contribution in [-0.2, 0) is 0 Å². The van der Waals surface area contributed by atoms with Gasteiger partial charge in [0.25, 0.3) is 0 Å². The lowest BCUT2D eigenvalue weighted by atomic mass is 9.93. The molecule has 14 heavy (non-hydrogen) atoms. The molecule has 1 saturated heterocycles. The molecule has 0 aromatic heterocycles. The fourth-order valence-electron chi connectivity index (χ4n) is 2.11. The fourth-order valence-corrected chi connectivity index (χ4v) is 2.11. The van der Waals surface area contributed by atoms with Crippen LogP contribution < -0.4 is 5.32 Å². The molecule has 0 radical (unpaired) electrons. The molecule has 0 aliphatic carbocycles. The first-order chi connectivity index (χ1) is 6.77. The topological polar surface area (TPSA) is 32.3 Å². The van der Waals surface area contributed by atoms with E-state index in [4.69, 9.17) is 0 Å². The van der Waals surface area contributed by atoms with E-state index in [9.17, 15) is 5.11 Å². The third-order valence-electron chi connectivity index (χ3n) is 2.94. The first kappa shape index (κ1) is 9.69. The Hall–Kier alpha value is -0.860. The van der Waals surface area contributed by atoms with E-state index in [0.29, 0.717) is 6.04 Å². The summed E-state index contributed by atoms with van der Waals surface area (Å²) in [6.45, 7) is 3.04. The van der Waals surface area contributed by atoms with Gasteiger partial charge in [0.05, 0.1) is 6.10 Å². The molecule has 1 fully saturated rings. The van der Waals surface area contributed by atoms with Crippen LogP contribution in [0.1, 0.15) is 30.0 Å². The Kier molecular flexibility index (Phi) is 2.85. The van der Waals surface area contributed by atoms with E-state index in [2.05, 4.69) is 36.5 Å². The molecule has 1 aliphatic rings. The summed E-state index contributed by atoms with van der Waals surface area (Å²) in [7, 11) is 0. The van der Waals surface area contributed by atoms with Gasteiger partial charge in [-0.1, -0.05) is 24.3 Å². The molecule has 1 aromatic carbocycles. The normalized spacial score (nSPS) is 27.6. The predicted octanol–water partition coefficient (Wildman–Crippen LogP) is 1.78. The molecule has 1 heterocycles. The van der Waals surface area contributed by atoms with Gasteiger partial charge in [-0.25, -0.2) is 0 Å². The lowest BCUT2D eigenvalue weighted by Crippen LogP contribution is -2.34. The highest BCUT2D eigenvalue weighted by Crippen LogP contribution is 2.25. The second kappa shape index (κ2) is 4.11. The molecular formula is C12H17NO. The van der Waals surface area contributed by atoms with Gasteiger partial charge in [0.1, 0.15) is 0 Å². The third-order valence-corrected chi connectivity index (χ3v) is 2.94. The standard InChI is InChI=1S/C12H17NO/c1-9-4-2-3-5-11(9)12-8-10(14)6-7-13-12/h2-5,10,12-14H,6-8H2,1H3/t10-,12?/m0/s1. The molecule has 2 nitrogen and oxygen atoms in total. The number of piperidine rings is 1. The van der Waals surface area contributed by atoms with Gasteiger partial charge in [0, 0.05) is 6.04 Å². The van der Waals surface area contributed by atoms with E-state index in [1.165, 1.54) is 11.1 Å². The number of aliphatic hydroxyl groups is 1. The second-order valence-electron chi connectivity index (χ2n) is 4.04. The Bertz CT molecular complexity index is 311. The van der Waals surface area contributed by atoms with Crippen LogP contribution in [0.3, 0.4) is 0 Å². The molecule has 1 aliphatic heterocycles. The van der Waals surface area contributed by atoms with Gasteiger partial charge < -0.3 is 10.4 Å². The van der Waals surface area contributed by atoms with Crippen LogP contribution in [0.2, 0.25) is 0 Å². The summed E-state index contributed by atoms with van der Waals surface area (Å²) < 4.78 is 0. The first-order valence-corrected chi connectivity index (χ1v) is 5.24. The van der Waals surface area contributed by atoms with E-state index in [0.717, 1.165) is 19.4 Å². The molecule has 2 atom stereocenters. The highest BCUT2D eigenvalue weighted by Gasteiger charge is 2.21. The Morgan fingerprint density at radius 3 is 2.86 bits per heavy atom. The van der Waals surface area contributed by atoms with Crippen LogP contribution in [0, 0.1) is 6.92 Å². The summed E-state index contributed by atoms with van der Waals surface area (Å²) in [5.74, 6) is 0. The summed E-state index contributed by atoms with van der Waals surface area (Å²) in [4.78, 5) is 0. The van der Waals surface area contributed by atoms with Crippen LogP contribution in [-0.4, -0.2) is 17.8 Å². The van der Waals surface area contributed by atoms with E-state index >= 15 is 0 Å². The van der Waals surface area contributed by atoms with Gasteiger partial charge in [0.15, 0.2) is 0 Å². The zero-order valence-electron chi connectivity index (χ0n) is 8.53. The fraction of sp³-hybridized carbons (Fsp3) is 0.500. The smallest absolute Gasteiger partial charge is 0.0570 e. The van der Waals surface area contributed by atoms with Crippen molar-refractivity contribution in [1.29, 1.82) is 0 Å². The van der Waals surface area contributed by atoms with Crippen LogP contribution >= 0.6 is 0 Å². The highest BCUT2D eigenvalue weighted by atomic mass is 16.3. The quantitative estimate of drug-likeness (QED) is 0.709. The molecule has 2 heteroatoms. The molecule has 0 amide bonds. The van der Waals surface area contributed by atoms with Crippen molar-refractivity contribution in [3.05, 3.63) is 35.4 Å². The Labute approximate surface area is 85.0 Å². The minimum absolute atomic E-state index is 0.138. The minimum atomic E-state index is -0.138. The molecule has 1 unspecified atom stereocenters. The van der Waals surface area contributed by atoms with E-state index in [-0.39, 0.29) is 6.10 Å². The number of nitrogens with one attached hydrogen (secondary N) is 1. The zero-order chi connectivity index (χ0) is 9.97. The van der Waals surface area contributed by atoms with Gasteiger partial charge in [-0.2, -0.15) is 0 Å². The molecule has 2 N–H and O–H groups in total. The summed E-state index contributed by atoms with van der Waals surface area (Å²) in [6, 6.07) is 8.71. The van der Waals surface area contributed by atoms with Crippen molar-refractivity contribution in [2.75, 3.05) is 6.54 Å². The molecule has 2 rings (SSSR count). The Morgan fingerprint density at radius 1 is 1.36 bits per heavy atom. The molecule has 0 spiro atoms. The average molecular weight is 191 g/mol. The highest BCUT2D eigenvalue weighted by molar-refractivity contribution is 5.29. The van der Waals surface area contributed by atoms with Gasteiger partial charge >= 0.3 is 0 Å². The maximum Gasteiger partial charge on any atom is 0.0570 e. The maximum atomic E-state index is 9.59. The first-order valence-electron chi connectivity index (χ1n) is 5.24. The molecule has 0 saturated carbocycles. The van der Waals surface area contributed by atoms with Gasteiger partial charge in [0.2, 0.25) is 0 Å². The number of hydrogen-bond acceptors (Lipinski definition) is 2. The number of aliphatic hydroxyl groups excluding tert-OH is 1. The Balaban J connectivity index is 2.18. The van der Waals surface area contributed by atoms with Crippen molar-refractivity contribution in [2.45, 2.75) is 31.9 Å². The maximum absolute atomic E-state index is 9.59. The largest absolute Gasteiger partial charge is 0.393 e. The summed E-state index contributed by atoms with van der Waals surface area (Å²) in [6.07, 6.45) is 1.58. The van der Waals surface area contributed by atoms with Crippen LogP contribution in [0.15, 0.2) is 24.3 Å². The van der Waals surface area contributed by atoms with Gasteiger partial charge in [-0.05, 0) is 37.4 Å². The number of benzene rings is 1. The van der Waals surface area contributed by atoms with E-state index in [1.54, 1.807) is 0 Å². The number of hydrogen-bond donors (Lipinski definition) is 2. The SMILES string of the molecule is Cc1ccccc1C1C[C@@H](O)CCN1. The van der Waals surface area contributed by atoms with Gasteiger partial charge in [-0.15, -0.1) is 0 Å². The second-order valence-corrected chi connectivity index (χ2v) is 4.04. The minimum Gasteiger partial charge on any atom is -0.393 e. The number of aryl methyl sites for hydroxylation is 1. The molecule has 0 bridgehead atoms. The van der Waals surface area contributed by atoms with E-state index in [1.807, 2.05) is 0 Å². The predicted molar refractivity (Wildman–Crippen MR) is 57.2 cm³/mol. The monoisotopic (exact) mass is 191 g/mol. The van der Waals surface area contributed by atoms with Crippen LogP contribution in [0.4, 0.5) is 0 Å². The summed E-state index contributed by atoms with van der Waals surface area (Å²) >= 11 is 0. The third kappa shape index (κ3) is 1.97. The van der Waals surface area contributed by atoms with Crippen molar-refractivity contribution in [2.24, 2.45) is 0 Å². The lowest BCUT2D eigenvalue weighted by Gasteiger charge is -2.28. The molecule has 1 aromatic rings. The van der Waals surface area contributed by atoms with Crippen molar-refractivity contribution < 1.29 is 5.11 Å². The zero-order valence-corrected chi connectivity index (χ0v) is 8.53. The summed E-state index contributed by atoms with van der Waals surface area (Å²) in [5, 5.41) is 13.0. The summed E-state index contributed by atoms with van der Waals surface area (Å²) in [5.41, 5.74) is 2.63. The molecular weight excluding hydrogens is 174 g/mol. The van der Waals surface area contributed by atoms with Crippen molar-refractivity contribution in [1.82, 2.24) is 5.32 Å². The lowest BCUT2D eigenvalue weighted by molar-refractivity contribution is 0.116. The Morgan fingerprint density at radius 2 is 2.14 bits per heavy atom. The van der Waals surface area contributed by atoms with Crippen LogP contribution in [0.25, 0.3) is 0 Å². The van der Waals surface area contributed by atoms with Crippen molar-refractivity contribution >= 4 is 0 Å². The van der Waals surface area contributed by atoms with E-state index < -0.39 is 0 Å². The van der Waals surface area contributed by atoms with Crippen molar-refractivity contribution in [3.8, 4) is 0 Å². The average Bonchev–Trinajstić information content (AvgIpc) is 2.18. The molecule has 76 valence electrons. The van der Waals surface area contributed by atoms with Gasteiger partial charge in [-0.3, -0.25) is 0 Å².